The SMILES string of the molecule is CC1(NC(=O)C2(C(N)=NO)CCCCCC2)CCC1. The molecule has 108 valence electrons. The molecular weight excluding hydrogens is 242 g/mol. The Hall–Kier alpha value is -1.26. The molecule has 0 radical (unpaired) electrons. The van der Waals surface area contributed by atoms with Gasteiger partial charge in [0.05, 0.1) is 0 Å². The second kappa shape index (κ2) is 5.39. The van der Waals surface area contributed by atoms with Crippen molar-refractivity contribution >= 4 is 11.7 Å². The summed E-state index contributed by atoms with van der Waals surface area (Å²) in [6, 6.07) is 0. The Labute approximate surface area is 114 Å². The average molecular weight is 267 g/mol. The average Bonchev–Trinajstić information content (AvgIpc) is 2.62. The van der Waals surface area contributed by atoms with Crippen LogP contribution in [0.2, 0.25) is 0 Å². The third-order valence-electron chi connectivity index (χ3n) is 4.86. The maximum Gasteiger partial charge on any atom is 0.234 e. The van der Waals surface area contributed by atoms with E-state index in [0.29, 0.717) is 12.8 Å². The zero-order valence-corrected chi connectivity index (χ0v) is 11.7. The Morgan fingerprint density at radius 3 is 2.11 bits per heavy atom. The fourth-order valence-electron chi connectivity index (χ4n) is 3.25. The Morgan fingerprint density at radius 1 is 1.11 bits per heavy atom. The first-order valence-electron chi connectivity index (χ1n) is 7.33. The number of oxime groups is 1. The van der Waals surface area contributed by atoms with E-state index in [1.807, 2.05) is 0 Å². The molecule has 19 heavy (non-hydrogen) atoms. The van der Waals surface area contributed by atoms with Crippen molar-refractivity contribution in [2.45, 2.75) is 70.3 Å². The predicted molar refractivity (Wildman–Crippen MR) is 73.9 cm³/mol. The molecule has 0 unspecified atom stereocenters. The quantitative estimate of drug-likeness (QED) is 0.241. The largest absolute Gasteiger partial charge is 0.409 e. The van der Waals surface area contributed by atoms with Crippen LogP contribution in [0.25, 0.3) is 0 Å². The van der Waals surface area contributed by atoms with Gasteiger partial charge in [-0.3, -0.25) is 4.79 Å². The molecule has 0 atom stereocenters. The highest BCUT2D eigenvalue weighted by Gasteiger charge is 2.46. The van der Waals surface area contributed by atoms with Crippen molar-refractivity contribution in [3.05, 3.63) is 0 Å². The topological polar surface area (TPSA) is 87.7 Å². The molecule has 5 heteroatoms. The lowest BCUT2D eigenvalue weighted by molar-refractivity contribution is -0.131. The highest BCUT2D eigenvalue weighted by molar-refractivity contribution is 6.07. The molecule has 2 saturated carbocycles. The summed E-state index contributed by atoms with van der Waals surface area (Å²) in [6.07, 6.45) is 8.72. The van der Waals surface area contributed by atoms with Crippen molar-refractivity contribution in [2.75, 3.05) is 0 Å². The normalized spacial score (nSPS) is 26.1. The van der Waals surface area contributed by atoms with Crippen LogP contribution in [-0.2, 0) is 4.79 Å². The molecule has 0 spiro atoms. The molecule has 0 aromatic rings. The fraction of sp³-hybridized carbons (Fsp3) is 0.857. The summed E-state index contributed by atoms with van der Waals surface area (Å²) in [6.45, 7) is 2.07. The van der Waals surface area contributed by atoms with E-state index in [9.17, 15) is 4.79 Å². The van der Waals surface area contributed by atoms with Gasteiger partial charge in [0.1, 0.15) is 5.41 Å². The van der Waals surface area contributed by atoms with E-state index in [0.717, 1.165) is 44.9 Å². The molecule has 0 saturated heterocycles. The minimum Gasteiger partial charge on any atom is -0.409 e. The molecule has 2 fully saturated rings. The van der Waals surface area contributed by atoms with E-state index >= 15 is 0 Å². The van der Waals surface area contributed by atoms with Crippen molar-refractivity contribution in [3.63, 3.8) is 0 Å². The van der Waals surface area contributed by atoms with Crippen LogP contribution in [0, 0.1) is 5.41 Å². The van der Waals surface area contributed by atoms with E-state index in [2.05, 4.69) is 17.4 Å². The van der Waals surface area contributed by atoms with Crippen LogP contribution in [0.1, 0.15) is 64.7 Å². The van der Waals surface area contributed by atoms with E-state index in [1.54, 1.807) is 0 Å². The van der Waals surface area contributed by atoms with Gasteiger partial charge in [-0.25, -0.2) is 0 Å². The minimum absolute atomic E-state index is 0.0492. The molecular formula is C14H25N3O2. The molecule has 2 rings (SSSR count). The van der Waals surface area contributed by atoms with E-state index in [-0.39, 0.29) is 17.3 Å². The van der Waals surface area contributed by atoms with Crippen LogP contribution in [0.4, 0.5) is 0 Å². The van der Waals surface area contributed by atoms with E-state index in [1.165, 1.54) is 0 Å². The number of amides is 1. The first-order valence-corrected chi connectivity index (χ1v) is 7.33. The highest BCUT2D eigenvalue weighted by atomic mass is 16.4. The minimum atomic E-state index is -0.802. The highest BCUT2D eigenvalue weighted by Crippen LogP contribution is 2.38. The third kappa shape index (κ3) is 2.69. The third-order valence-corrected chi connectivity index (χ3v) is 4.86. The summed E-state index contributed by atoms with van der Waals surface area (Å²) < 4.78 is 0. The Kier molecular flexibility index (Phi) is 4.02. The number of hydrogen-bond acceptors (Lipinski definition) is 3. The number of nitrogens with two attached hydrogens (primary N) is 1. The van der Waals surface area contributed by atoms with Crippen molar-refractivity contribution in [1.82, 2.24) is 5.32 Å². The van der Waals surface area contributed by atoms with Gasteiger partial charge in [0.25, 0.3) is 0 Å². The molecule has 0 bridgehead atoms. The maximum absolute atomic E-state index is 12.7. The Bertz CT molecular complexity index is 367. The van der Waals surface area contributed by atoms with Gasteiger partial charge < -0.3 is 16.3 Å². The Morgan fingerprint density at radius 2 is 1.68 bits per heavy atom. The smallest absolute Gasteiger partial charge is 0.234 e. The second-order valence-electron chi connectivity index (χ2n) is 6.35. The number of carbonyl (C=O) groups excluding carboxylic acids is 1. The van der Waals surface area contributed by atoms with Gasteiger partial charge in [-0.2, -0.15) is 0 Å². The molecule has 4 N–H and O–H groups in total. The van der Waals surface area contributed by atoms with Gasteiger partial charge >= 0.3 is 0 Å². The lowest BCUT2D eigenvalue weighted by atomic mass is 9.74. The summed E-state index contributed by atoms with van der Waals surface area (Å²) in [4.78, 5) is 12.7. The van der Waals surface area contributed by atoms with Crippen LogP contribution in [-0.4, -0.2) is 22.5 Å². The molecule has 0 aliphatic heterocycles. The molecule has 0 heterocycles. The summed E-state index contributed by atoms with van der Waals surface area (Å²) >= 11 is 0. The van der Waals surface area contributed by atoms with Crippen LogP contribution >= 0.6 is 0 Å². The van der Waals surface area contributed by atoms with Gasteiger partial charge in [-0.15, -0.1) is 0 Å². The molecule has 2 aliphatic carbocycles. The molecule has 1 amide bonds. The maximum atomic E-state index is 12.7. The zero-order chi connectivity index (χ0) is 13.9. The van der Waals surface area contributed by atoms with E-state index < -0.39 is 5.41 Å². The van der Waals surface area contributed by atoms with Crippen molar-refractivity contribution in [3.8, 4) is 0 Å². The van der Waals surface area contributed by atoms with Crippen LogP contribution in [0.5, 0.6) is 0 Å². The molecule has 0 aromatic heterocycles. The second-order valence-corrected chi connectivity index (χ2v) is 6.35. The van der Waals surface area contributed by atoms with E-state index in [4.69, 9.17) is 10.9 Å². The van der Waals surface area contributed by atoms with Crippen LogP contribution in [0.3, 0.4) is 0 Å². The van der Waals surface area contributed by atoms with Gasteiger partial charge in [-0.05, 0) is 39.0 Å². The first kappa shape index (κ1) is 14.2. The zero-order valence-electron chi connectivity index (χ0n) is 11.7. The number of nitrogens with one attached hydrogen (secondary N) is 1. The lowest BCUT2D eigenvalue weighted by Crippen LogP contribution is -2.58. The van der Waals surface area contributed by atoms with Crippen LogP contribution < -0.4 is 11.1 Å². The van der Waals surface area contributed by atoms with Crippen molar-refractivity contribution < 1.29 is 10.0 Å². The van der Waals surface area contributed by atoms with Gasteiger partial charge in [-0.1, -0.05) is 30.8 Å². The van der Waals surface area contributed by atoms with Crippen LogP contribution in [0.15, 0.2) is 5.16 Å². The molecule has 2 aliphatic rings. The summed E-state index contributed by atoms with van der Waals surface area (Å²) in [5, 5.41) is 15.3. The number of hydrogen-bond donors (Lipinski definition) is 3. The summed E-state index contributed by atoms with van der Waals surface area (Å²) in [5.41, 5.74) is 4.98. The standard InChI is InChI=1S/C14H25N3O2/c1-13(7-6-8-13)16-12(18)14(11(15)17-19)9-4-2-3-5-10-14/h19H,2-10H2,1H3,(H2,15,17)(H,16,18). The summed E-state index contributed by atoms with van der Waals surface area (Å²) in [7, 11) is 0. The van der Waals surface area contributed by atoms with Crippen molar-refractivity contribution in [1.29, 1.82) is 0 Å². The van der Waals surface area contributed by atoms with Gasteiger partial charge in [0.2, 0.25) is 5.91 Å². The van der Waals surface area contributed by atoms with Gasteiger partial charge in [0.15, 0.2) is 5.84 Å². The van der Waals surface area contributed by atoms with Gasteiger partial charge in [0, 0.05) is 5.54 Å². The first-order chi connectivity index (χ1) is 9.02. The number of carbonyl (C=O) groups is 1. The van der Waals surface area contributed by atoms with Crippen molar-refractivity contribution in [2.24, 2.45) is 16.3 Å². The number of nitrogens with zero attached hydrogens (tertiary/aromatic N) is 1. The summed E-state index contributed by atoms with van der Waals surface area (Å²) in [5.74, 6) is 0.0294. The Balaban J connectivity index is 2.18. The number of amidine groups is 1. The monoisotopic (exact) mass is 267 g/mol. The molecule has 0 aromatic carbocycles. The number of rotatable bonds is 3. The fourth-order valence-corrected chi connectivity index (χ4v) is 3.25. The lowest BCUT2D eigenvalue weighted by Gasteiger charge is -2.42. The predicted octanol–water partition coefficient (Wildman–Crippen LogP) is 2.13. The molecule has 5 nitrogen and oxygen atoms in total.